The Bertz CT molecular complexity index is 633. The molecule has 0 rings (SSSR count). The van der Waals surface area contributed by atoms with E-state index in [1.165, 1.54) is 267 Å². The zero-order chi connectivity index (χ0) is 38.8. The molecule has 0 aromatic carbocycles. The van der Waals surface area contributed by atoms with Gasteiger partial charge in [-0.2, -0.15) is 0 Å². The molecule has 5 heteroatoms. The van der Waals surface area contributed by atoms with E-state index in [1.54, 1.807) is 0 Å². The zero-order valence-corrected chi connectivity index (χ0v) is 41.0. The van der Waals surface area contributed by atoms with E-state index in [1.807, 2.05) is 0 Å². The van der Waals surface area contributed by atoms with Gasteiger partial charge in [-0.25, -0.2) is 0 Å². The van der Waals surface area contributed by atoms with Crippen molar-refractivity contribution in [3.05, 3.63) is 0 Å². The van der Waals surface area contributed by atoms with E-state index in [0.29, 0.717) is 9.76 Å². The zero-order valence-electron chi connectivity index (χ0n) is 38.0. The molecule has 0 aromatic rings. The Morgan fingerprint density at radius 2 is 0.528 bits per heavy atom. The minimum absolute atomic E-state index is 0.671. The van der Waals surface area contributed by atoms with Crippen molar-refractivity contribution < 1.29 is 8.23 Å². The molecule has 318 valence electrons. The van der Waals surface area contributed by atoms with E-state index in [-0.39, 0.29) is 0 Å². The summed E-state index contributed by atoms with van der Waals surface area (Å²) in [6.07, 6.45) is 50.3. The third-order valence-corrected chi connectivity index (χ3v) is 23.9. The molecular weight excluding hydrogens is 693 g/mol. The van der Waals surface area contributed by atoms with Gasteiger partial charge < -0.3 is 8.23 Å². The fourth-order valence-corrected chi connectivity index (χ4v) is 22.1. The highest BCUT2D eigenvalue weighted by molar-refractivity contribution is 6.86. The maximum absolute atomic E-state index is 8.29. The van der Waals surface area contributed by atoms with Crippen LogP contribution in [0.2, 0.25) is 36.3 Å². The van der Waals surface area contributed by atoms with Crippen molar-refractivity contribution in [3.8, 4) is 0 Å². The van der Waals surface area contributed by atoms with Gasteiger partial charge in [0.1, 0.15) is 0 Å². The molecule has 0 saturated carbocycles. The minimum atomic E-state index is -2.32. The van der Waals surface area contributed by atoms with Gasteiger partial charge >= 0.3 is 8.56 Å². The van der Waals surface area contributed by atoms with Gasteiger partial charge in [0.25, 0.3) is 0 Å². The van der Waals surface area contributed by atoms with Crippen molar-refractivity contribution in [2.75, 3.05) is 0 Å². The largest absolute Gasteiger partial charge is 0.436 e. The van der Waals surface area contributed by atoms with Crippen LogP contribution in [0.4, 0.5) is 0 Å². The Hall–Kier alpha value is 0.571. The first-order chi connectivity index (χ1) is 26.1. The first-order valence-electron chi connectivity index (χ1n) is 25.2. The molecule has 0 aliphatic carbocycles. The molecule has 2 nitrogen and oxygen atoms in total. The molecule has 0 bridgehead atoms. The topological polar surface area (TPSA) is 18.5 Å². The van der Waals surface area contributed by atoms with Crippen LogP contribution in [0.25, 0.3) is 0 Å². The van der Waals surface area contributed by atoms with E-state index >= 15 is 0 Å². The van der Waals surface area contributed by atoms with Gasteiger partial charge in [0.05, 0.1) is 0 Å². The highest BCUT2D eigenvalue weighted by Crippen LogP contribution is 2.38. The highest BCUT2D eigenvalue weighted by Gasteiger charge is 2.45. The predicted molar refractivity (Wildman–Crippen MR) is 249 cm³/mol. The fraction of sp³-hybridized carbons (Fsp3) is 1.00. The van der Waals surface area contributed by atoms with Crippen LogP contribution in [0, 0.1) is 0 Å². The normalized spacial score (nSPS) is 12.3. The van der Waals surface area contributed by atoms with Crippen LogP contribution in [0.3, 0.4) is 0 Å². The maximum atomic E-state index is 8.29. The third kappa shape index (κ3) is 34.3. The molecule has 53 heavy (non-hydrogen) atoms. The fourth-order valence-electron chi connectivity index (χ4n) is 8.46. The van der Waals surface area contributed by atoms with Gasteiger partial charge in [-0.15, -0.1) is 0 Å². The van der Waals surface area contributed by atoms with Crippen molar-refractivity contribution in [2.24, 2.45) is 0 Å². The number of hydrogen-bond acceptors (Lipinski definition) is 2. The van der Waals surface area contributed by atoms with Gasteiger partial charge in [-0.1, -0.05) is 273 Å². The van der Waals surface area contributed by atoms with Gasteiger partial charge in [-0.3, -0.25) is 0 Å². The van der Waals surface area contributed by atoms with Crippen molar-refractivity contribution in [3.63, 3.8) is 0 Å². The Balaban J connectivity index is 6.35. The van der Waals surface area contributed by atoms with E-state index in [0.717, 1.165) is 0 Å². The van der Waals surface area contributed by atoms with Crippen LogP contribution in [0.5, 0.6) is 0 Å². The molecule has 0 N–H and O–H groups in total. The smallest absolute Gasteiger partial charge is 0.317 e. The summed E-state index contributed by atoms with van der Waals surface area (Å²) in [5.41, 5.74) is 0. The second-order valence-electron chi connectivity index (χ2n) is 17.5. The molecule has 0 heterocycles. The molecule has 0 saturated heterocycles. The van der Waals surface area contributed by atoms with Crippen LogP contribution in [-0.2, 0) is 8.23 Å². The summed E-state index contributed by atoms with van der Waals surface area (Å²) in [5.74, 6) is 0. The molecule has 0 unspecified atom stereocenters. The average molecular weight is 796 g/mol. The van der Waals surface area contributed by atoms with Crippen molar-refractivity contribution in [1.29, 1.82) is 0 Å². The van der Waals surface area contributed by atoms with Crippen molar-refractivity contribution in [2.45, 2.75) is 309 Å². The average Bonchev–Trinajstić information content (AvgIpc) is 3.16. The molecular formula is C48H102O2Si3. The molecule has 2 radical (unpaired) electrons. The highest BCUT2D eigenvalue weighted by atomic mass is 28.5. The van der Waals surface area contributed by atoms with E-state index in [2.05, 4.69) is 41.5 Å². The van der Waals surface area contributed by atoms with Gasteiger partial charge in [-0.05, 0) is 36.3 Å². The Kier molecular flexibility index (Phi) is 42.6. The van der Waals surface area contributed by atoms with Gasteiger partial charge in [0, 0.05) is 0 Å². The first-order valence-corrected chi connectivity index (χ1v) is 31.1. The molecule has 0 atom stereocenters. The monoisotopic (exact) mass is 795 g/mol. The SMILES string of the molecule is CCCCCCCC[Si]O[Si](CCCCCCCC)(CCCCCCCC)O[Si](CCCCCCCC)(CCCCCCCC)CCCCCCCC. The standard InChI is InChI=1S/C48H102O2Si3/c1-7-13-19-25-31-37-43-51-49-53(47-41-35-29-23-17-11-5,48-42-36-30-24-18-12-6)50-52(44-38-32-26-20-14-8-2,45-39-33-27-21-15-9-3)46-40-34-28-22-16-10-4/h7-48H2,1-6H3. The van der Waals surface area contributed by atoms with Crippen molar-refractivity contribution in [1.82, 2.24) is 0 Å². The summed E-state index contributed by atoms with van der Waals surface area (Å²) < 4.78 is 15.8. The summed E-state index contributed by atoms with van der Waals surface area (Å²) in [6, 6.07) is 8.13. The van der Waals surface area contributed by atoms with E-state index in [4.69, 9.17) is 8.23 Å². The summed E-state index contributed by atoms with van der Waals surface area (Å²) in [4.78, 5) is 0. The van der Waals surface area contributed by atoms with Gasteiger partial charge in [0.15, 0.2) is 8.32 Å². The van der Waals surface area contributed by atoms with Crippen LogP contribution < -0.4 is 0 Å². The Labute approximate surface area is 342 Å². The molecule has 0 aromatic heterocycles. The Morgan fingerprint density at radius 3 is 0.830 bits per heavy atom. The van der Waals surface area contributed by atoms with E-state index < -0.39 is 16.9 Å². The lowest BCUT2D eigenvalue weighted by molar-refractivity contribution is 0.361. The third-order valence-electron chi connectivity index (χ3n) is 12.1. The lowest BCUT2D eigenvalue weighted by Crippen LogP contribution is -2.54. The molecule has 0 fully saturated rings. The quantitative estimate of drug-likeness (QED) is 0.0451. The summed E-state index contributed by atoms with van der Waals surface area (Å²) >= 11 is 0. The number of rotatable bonds is 46. The second-order valence-corrected chi connectivity index (χ2v) is 26.7. The second kappa shape index (κ2) is 42.2. The summed E-state index contributed by atoms with van der Waals surface area (Å²) in [6.45, 7) is 14.1. The summed E-state index contributed by atoms with van der Waals surface area (Å²) in [7, 11) is -3.60. The lowest BCUT2D eigenvalue weighted by atomic mass is 10.1. The molecule has 0 amide bonds. The minimum Gasteiger partial charge on any atom is -0.436 e. The van der Waals surface area contributed by atoms with Gasteiger partial charge in [0.2, 0.25) is 9.76 Å². The van der Waals surface area contributed by atoms with Crippen molar-refractivity contribution >= 4 is 26.6 Å². The van der Waals surface area contributed by atoms with E-state index in [9.17, 15) is 0 Å². The molecule has 0 aliphatic heterocycles. The lowest BCUT2D eigenvalue weighted by Gasteiger charge is -2.43. The predicted octanol–water partition coefficient (Wildman–Crippen LogP) is 18.6. The Morgan fingerprint density at radius 1 is 0.283 bits per heavy atom. The molecule has 0 spiro atoms. The van der Waals surface area contributed by atoms with Crippen LogP contribution in [-0.4, -0.2) is 26.6 Å². The first kappa shape index (κ1) is 53.6. The maximum Gasteiger partial charge on any atom is 0.317 e. The number of unbranched alkanes of at least 4 members (excludes halogenated alkanes) is 30. The number of hydrogen-bond donors (Lipinski definition) is 0. The summed E-state index contributed by atoms with van der Waals surface area (Å²) in [5, 5.41) is 0. The van der Waals surface area contributed by atoms with Crippen LogP contribution >= 0.6 is 0 Å². The molecule has 0 aliphatic rings. The van der Waals surface area contributed by atoms with Crippen LogP contribution in [0.15, 0.2) is 0 Å². The van der Waals surface area contributed by atoms with Crippen LogP contribution in [0.1, 0.15) is 273 Å².